The van der Waals surface area contributed by atoms with E-state index < -0.39 is 0 Å². The average Bonchev–Trinajstić information content (AvgIpc) is 3.55. The summed E-state index contributed by atoms with van der Waals surface area (Å²) in [5, 5.41) is 1.00. The van der Waals surface area contributed by atoms with Crippen molar-refractivity contribution in [1.82, 2.24) is 14.0 Å². The molecule has 3 aromatic heterocycles. The maximum atomic E-state index is 12.9. The van der Waals surface area contributed by atoms with Crippen LogP contribution in [0.25, 0.3) is 0 Å². The molecule has 0 N–H and O–H groups in total. The van der Waals surface area contributed by atoms with Gasteiger partial charge >= 0.3 is 0 Å². The highest BCUT2D eigenvalue weighted by Gasteiger charge is 2.32. The van der Waals surface area contributed by atoms with Crippen molar-refractivity contribution in [1.29, 1.82) is 0 Å². The van der Waals surface area contributed by atoms with Gasteiger partial charge in [-0.3, -0.25) is 33.7 Å². The maximum absolute atomic E-state index is 12.9. The van der Waals surface area contributed by atoms with E-state index in [1.807, 2.05) is 106 Å². The molecule has 4 rings (SSSR count). The smallest absolute Gasteiger partial charge is 0.277 e. The van der Waals surface area contributed by atoms with Crippen molar-refractivity contribution < 1.29 is 9.59 Å². The number of benzene rings is 1. The summed E-state index contributed by atoms with van der Waals surface area (Å²) in [5.74, 6) is 1.50. The zero-order valence-corrected chi connectivity index (χ0v) is 43.7. The van der Waals surface area contributed by atoms with Gasteiger partial charge in [0, 0.05) is 67.8 Å². The summed E-state index contributed by atoms with van der Waals surface area (Å²) in [6.07, 6.45) is 8.82. The van der Waals surface area contributed by atoms with Crippen LogP contribution in [0.4, 0.5) is 0 Å². The Labute approximate surface area is 388 Å². The van der Waals surface area contributed by atoms with Crippen molar-refractivity contribution in [2.45, 2.75) is 190 Å². The molecule has 0 aliphatic carbocycles. The van der Waals surface area contributed by atoms with Crippen molar-refractivity contribution in [2.24, 2.45) is 27.7 Å². The van der Waals surface area contributed by atoms with Gasteiger partial charge in [0.1, 0.15) is 0 Å². The number of Topliss-reactive ketones (excluding diaryl/α,β-unsaturated/α-hetero) is 2. The molecule has 63 heavy (non-hydrogen) atoms. The number of aliphatic imine (C=N–C) groups is 1. The van der Waals surface area contributed by atoms with Crippen LogP contribution in [-0.2, 0) is 19.4 Å². The van der Waals surface area contributed by atoms with Gasteiger partial charge in [0.15, 0.2) is 11.6 Å². The molecule has 0 spiro atoms. The van der Waals surface area contributed by atoms with E-state index in [1.165, 1.54) is 4.52 Å². The van der Waals surface area contributed by atoms with E-state index >= 15 is 0 Å². The highest BCUT2D eigenvalue weighted by Crippen LogP contribution is 2.36. The lowest BCUT2D eigenvalue weighted by Gasteiger charge is -2.28. The molecule has 0 atom stereocenters. The lowest BCUT2D eigenvalue weighted by atomic mass is 9.79. The Morgan fingerprint density at radius 1 is 0.635 bits per heavy atom. The second-order valence-electron chi connectivity index (χ2n) is 21.5. The van der Waals surface area contributed by atoms with Crippen LogP contribution >= 0.6 is 23.5 Å². The molecule has 8 nitrogen and oxygen atoms in total. The van der Waals surface area contributed by atoms with Crippen LogP contribution in [0.1, 0.15) is 191 Å². The molecule has 0 radical (unpaired) electrons. The van der Waals surface area contributed by atoms with Crippen LogP contribution in [-0.4, -0.2) is 51.8 Å². The van der Waals surface area contributed by atoms with Gasteiger partial charge in [-0.1, -0.05) is 148 Å². The van der Waals surface area contributed by atoms with Gasteiger partial charge in [0.05, 0.1) is 23.6 Å². The number of nitrogens with zero attached hydrogens (tertiary/aromatic N) is 4. The summed E-state index contributed by atoms with van der Waals surface area (Å²) in [7, 11) is 0. The number of carbonyl (C=O) groups excluding carboxylic acids is 2. The monoisotopic (exact) mass is 901 g/mol. The van der Waals surface area contributed by atoms with E-state index in [1.54, 1.807) is 12.4 Å². The molecular weight excluding hydrogens is 821 g/mol. The Hall–Kier alpha value is -3.50. The fourth-order valence-electron chi connectivity index (χ4n) is 8.07. The summed E-state index contributed by atoms with van der Waals surface area (Å²) >= 11 is 3.82. The van der Waals surface area contributed by atoms with Crippen LogP contribution < -0.4 is 11.1 Å². The first-order chi connectivity index (χ1) is 29.0. The van der Waals surface area contributed by atoms with Crippen LogP contribution in [0.2, 0.25) is 0 Å². The molecule has 0 aliphatic rings. The third-order valence-electron chi connectivity index (χ3n) is 11.6. The Kier molecular flexibility index (Phi) is 18.9. The quantitative estimate of drug-likeness (QED) is 0.0606. The molecule has 1 aromatic carbocycles. The Bertz CT molecular complexity index is 2200. The first kappa shape index (κ1) is 53.8. The molecule has 0 unspecified atom stereocenters. The highest BCUT2D eigenvalue weighted by atomic mass is 32.2. The van der Waals surface area contributed by atoms with Gasteiger partial charge in [-0.05, 0) is 66.7 Å². The van der Waals surface area contributed by atoms with E-state index in [4.69, 9.17) is 0 Å². The van der Waals surface area contributed by atoms with Crippen LogP contribution in [0, 0.1) is 36.5 Å². The number of rotatable bonds is 21. The molecule has 10 heteroatoms. The van der Waals surface area contributed by atoms with E-state index in [-0.39, 0.29) is 43.0 Å². The predicted octanol–water partition coefficient (Wildman–Crippen LogP) is 12.7. The standard InChI is InChI=1S/C31H44N2O2.C22H36N2O2S2/c1-22(2)15-17-30(5,6)28(34)25-11-9-24(10-12-25)19-32-21-27-14-13-26(20-33-27)29(35)31(7,8)18-16-23(3)4;1-13(2)27-21(7,8)11-17-15(5)19(25)24-20(26)16(6)18(23(17)24)12-22(9,10)28-14(3)4/h9-14,19-20,22-23H,15-18,21H2,1-8H3;13-14H,11-12H2,1-10H3. The molecular formula is C53H80N4O4S2. The molecule has 4 aromatic rings. The Balaban J connectivity index is 0.000000344. The topological polar surface area (TPSA) is 102 Å². The molecule has 3 heterocycles. The van der Waals surface area contributed by atoms with Gasteiger partial charge < -0.3 is 0 Å². The number of fused-ring (bicyclic) bond motifs is 1. The lowest BCUT2D eigenvalue weighted by Crippen LogP contribution is -2.25. The van der Waals surface area contributed by atoms with E-state index in [9.17, 15) is 19.2 Å². The van der Waals surface area contributed by atoms with Crippen LogP contribution in [0.15, 0.2) is 57.2 Å². The summed E-state index contributed by atoms with van der Waals surface area (Å²) in [4.78, 5) is 60.6. The summed E-state index contributed by atoms with van der Waals surface area (Å²) in [6, 6.07) is 11.4. The van der Waals surface area contributed by atoms with Crippen molar-refractivity contribution >= 4 is 41.3 Å². The van der Waals surface area contributed by atoms with Gasteiger partial charge in [-0.2, -0.15) is 28.0 Å². The summed E-state index contributed by atoms with van der Waals surface area (Å²) < 4.78 is 3.27. The van der Waals surface area contributed by atoms with Crippen molar-refractivity contribution in [3.63, 3.8) is 0 Å². The van der Waals surface area contributed by atoms with E-state index in [2.05, 4.69) is 93.1 Å². The molecule has 0 amide bonds. The van der Waals surface area contributed by atoms with E-state index in [0.29, 0.717) is 45.6 Å². The number of pyridine rings is 1. The molecule has 0 fully saturated rings. The largest absolute Gasteiger partial charge is 0.294 e. The minimum atomic E-state index is -0.386. The van der Waals surface area contributed by atoms with Crippen LogP contribution in [0.3, 0.4) is 0 Å². The van der Waals surface area contributed by atoms with Gasteiger partial charge in [0.2, 0.25) is 0 Å². The summed E-state index contributed by atoms with van der Waals surface area (Å²) in [5.41, 5.74) is 5.43. The average molecular weight is 901 g/mol. The third-order valence-corrected chi connectivity index (χ3v) is 14.1. The number of aromatic nitrogens is 3. The zero-order chi connectivity index (χ0) is 47.8. The van der Waals surface area contributed by atoms with E-state index in [0.717, 1.165) is 66.7 Å². The van der Waals surface area contributed by atoms with Gasteiger partial charge in [0.25, 0.3) is 11.1 Å². The summed E-state index contributed by atoms with van der Waals surface area (Å²) in [6.45, 7) is 38.7. The van der Waals surface area contributed by atoms with Crippen molar-refractivity contribution in [3.8, 4) is 0 Å². The first-order valence-electron chi connectivity index (χ1n) is 23.1. The molecule has 0 saturated carbocycles. The molecule has 0 saturated heterocycles. The number of carbonyl (C=O) groups is 2. The van der Waals surface area contributed by atoms with Gasteiger partial charge in [-0.25, -0.2) is 0 Å². The Morgan fingerprint density at radius 2 is 1.05 bits per heavy atom. The minimum Gasteiger partial charge on any atom is -0.294 e. The predicted molar refractivity (Wildman–Crippen MR) is 271 cm³/mol. The van der Waals surface area contributed by atoms with Crippen molar-refractivity contribution in [3.05, 3.63) is 108 Å². The SMILES string of the molecule is CC(C)CCC(C)(C)C(=O)c1ccc(C=NCc2ccc(C(=O)C(C)(C)CCC(C)C)cn2)cc1.Cc1c(CC(C)(C)SC(C)C)n2c(CC(C)(C)SC(C)C)c(C)c(=O)n2c1=O. The normalized spacial score (nSPS) is 13.0. The number of hydrogen-bond acceptors (Lipinski definition) is 8. The first-order valence-corrected chi connectivity index (χ1v) is 24.8. The van der Waals surface area contributed by atoms with Crippen LogP contribution in [0.5, 0.6) is 0 Å². The zero-order valence-electron chi connectivity index (χ0n) is 42.1. The maximum Gasteiger partial charge on any atom is 0.277 e. The second kappa shape index (κ2) is 22.1. The minimum absolute atomic E-state index is 0.0199. The molecule has 0 aliphatic heterocycles. The molecule has 0 bridgehead atoms. The third kappa shape index (κ3) is 15.3. The molecule has 348 valence electrons. The highest BCUT2D eigenvalue weighted by molar-refractivity contribution is 8.01. The fourth-order valence-corrected chi connectivity index (χ4v) is 11.1. The Morgan fingerprint density at radius 3 is 1.43 bits per heavy atom. The number of thioether (sulfide) groups is 2. The second-order valence-corrected chi connectivity index (χ2v) is 26.1. The van der Waals surface area contributed by atoms with Gasteiger partial charge in [-0.15, -0.1) is 0 Å². The fraction of sp³-hybridized carbons (Fsp3) is 0.623. The van der Waals surface area contributed by atoms with Crippen molar-refractivity contribution in [2.75, 3.05) is 0 Å². The number of hydrogen-bond donors (Lipinski definition) is 0. The number of ketones is 2. The lowest BCUT2D eigenvalue weighted by molar-refractivity contribution is 0.0812.